The van der Waals surface area contributed by atoms with Gasteiger partial charge in [-0.25, -0.2) is 19.9 Å². The molecule has 2 N–H and O–H groups in total. The molecule has 3 aromatic carbocycles. The average molecular weight is 694 g/mol. The summed E-state index contributed by atoms with van der Waals surface area (Å²) in [7, 11) is 1.64. The summed E-state index contributed by atoms with van der Waals surface area (Å²) >= 11 is 6.70. The van der Waals surface area contributed by atoms with Crippen molar-refractivity contribution in [3.8, 4) is 11.6 Å². The minimum absolute atomic E-state index is 0.370. The Balaban J connectivity index is 0.000000640. The second kappa shape index (κ2) is 16.7. The van der Waals surface area contributed by atoms with Gasteiger partial charge in [0.2, 0.25) is 5.88 Å². The molecule has 3 aromatic heterocycles. The second-order valence-electron chi connectivity index (χ2n) is 12.3. The number of hydrogen-bond acceptors (Lipinski definition) is 8. The average Bonchev–Trinajstić information content (AvgIpc) is 3.78. The van der Waals surface area contributed by atoms with Gasteiger partial charge in [0.1, 0.15) is 17.7 Å². The maximum absolute atomic E-state index is 8.08. The molecule has 7 rings (SSSR count). The lowest BCUT2D eigenvalue weighted by Gasteiger charge is -2.15. The highest BCUT2D eigenvalue weighted by atomic mass is 35.5. The van der Waals surface area contributed by atoms with E-state index in [1.807, 2.05) is 105 Å². The highest BCUT2D eigenvalue weighted by Crippen LogP contribution is 2.38. The molecular formula is C40H44ClN5O4. The van der Waals surface area contributed by atoms with E-state index < -0.39 is 5.79 Å². The summed E-state index contributed by atoms with van der Waals surface area (Å²) in [5.41, 5.74) is 4.52. The van der Waals surface area contributed by atoms with Gasteiger partial charge in [0, 0.05) is 34.8 Å². The summed E-state index contributed by atoms with van der Waals surface area (Å²) in [5, 5.41) is 18.5. The Morgan fingerprint density at radius 3 is 2.22 bits per heavy atom. The molecule has 10 heteroatoms. The molecule has 2 unspecified atom stereocenters. The number of halogens is 1. The Labute approximate surface area is 298 Å². The van der Waals surface area contributed by atoms with Crippen molar-refractivity contribution < 1.29 is 19.7 Å². The molecule has 0 saturated heterocycles. The SMILES string of the molecule is CC.CC(C)(O)O.COc1ncnc2c1ccn2C1CCC(COc2ccc3cc(Cl)c(N=C(c4ccccc4)c4ccccc4)nc3c2)C1. The first-order chi connectivity index (χ1) is 24.2. The Bertz CT molecular complexity index is 1980. The van der Waals surface area contributed by atoms with Crippen molar-refractivity contribution in [3.63, 3.8) is 0 Å². The van der Waals surface area contributed by atoms with E-state index in [1.54, 1.807) is 13.4 Å². The number of rotatable bonds is 8. The van der Waals surface area contributed by atoms with E-state index in [1.165, 1.54) is 13.8 Å². The third-order valence-corrected chi connectivity index (χ3v) is 8.37. The van der Waals surface area contributed by atoms with E-state index in [0.29, 0.717) is 35.3 Å². The van der Waals surface area contributed by atoms with E-state index in [9.17, 15) is 0 Å². The number of methoxy groups -OCH3 is 1. The number of aliphatic imine (C=N–C) groups is 1. The standard InChI is InChI=1S/C35H30ClN5O2.C3H8O2.C2H6/c1-42-35-29-16-17-41(34(29)37-22-38-35)27-14-12-23(18-27)21-43-28-15-13-26-19-30(36)33(39-31(26)20-28)40-32(24-8-4-2-5-9-24)25-10-6-3-7-11-25;1-3(2,4)5;1-2/h2-11,13,15-17,19-20,22-23,27H,12,14,18,21H2,1H3;4-5H,1-2H3;1-2H3. The summed E-state index contributed by atoms with van der Waals surface area (Å²) in [6.07, 6.45) is 6.85. The molecule has 6 aromatic rings. The summed E-state index contributed by atoms with van der Waals surface area (Å²) in [6, 6.07) is 30.5. The fourth-order valence-corrected chi connectivity index (χ4v) is 6.15. The van der Waals surface area contributed by atoms with Gasteiger partial charge in [0.05, 0.1) is 35.4 Å². The first-order valence-electron chi connectivity index (χ1n) is 16.9. The van der Waals surface area contributed by atoms with Gasteiger partial charge >= 0.3 is 0 Å². The predicted molar refractivity (Wildman–Crippen MR) is 201 cm³/mol. The zero-order chi connectivity index (χ0) is 35.7. The summed E-state index contributed by atoms with van der Waals surface area (Å²) in [5.74, 6) is 0.820. The molecule has 0 aliphatic heterocycles. The molecule has 1 fully saturated rings. The topological polar surface area (TPSA) is 115 Å². The molecule has 3 heterocycles. The molecule has 0 radical (unpaired) electrons. The number of aliphatic hydroxyl groups is 2. The van der Waals surface area contributed by atoms with Crippen molar-refractivity contribution in [3.05, 3.63) is 120 Å². The van der Waals surface area contributed by atoms with Gasteiger partial charge in [-0.05, 0) is 63.3 Å². The van der Waals surface area contributed by atoms with Crippen molar-refractivity contribution in [2.45, 2.75) is 58.8 Å². The molecule has 1 saturated carbocycles. The Hall–Kier alpha value is -4.83. The van der Waals surface area contributed by atoms with E-state index in [2.05, 4.69) is 20.7 Å². The number of nitrogens with zero attached hydrogens (tertiary/aromatic N) is 5. The van der Waals surface area contributed by atoms with Crippen LogP contribution in [0.4, 0.5) is 5.82 Å². The molecular weight excluding hydrogens is 650 g/mol. The van der Waals surface area contributed by atoms with Crippen LogP contribution in [-0.2, 0) is 0 Å². The second-order valence-corrected chi connectivity index (χ2v) is 12.7. The van der Waals surface area contributed by atoms with Gasteiger partial charge < -0.3 is 24.3 Å². The highest BCUT2D eigenvalue weighted by Gasteiger charge is 2.28. The number of fused-ring (bicyclic) bond motifs is 2. The van der Waals surface area contributed by atoms with Crippen LogP contribution in [0.25, 0.3) is 21.9 Å². The van der Waals surface area contributed by atoms with Crippen LogP contribution >= 0.6 is 11.6 Å². The molecule has 2 atom stereocenters. The maximum atomic E-state index is 8.08. The van der Waals surface area contributed by atoms with E-state index in [0.717, 1.165) is 63.8 Å². The van der Waals surface area contributed by atoms with Crippen LogP contribution in [0.2, 0.25) is 5.02 Å². The number of ether oxygens (including phenoxy) is 2. The van der Waals surface area contributed by atoms with Crippen molar-refractivity contribution in [2.75, 3.05) is 13.7 Å². The Morgan fingerprint density at radius 1 is 0.920 bits per heavy atom. The summed E-state index contributed by atoms with van der Waals surface area (Å²) < 4.78 is 14.0. The maximum Gasteiger partial charge on any atom is 0.225 e. The van der Waals surface area contributed by atoms with Crippen molar-refractivity contribution in [1.82, 2.24) is 19.5 Å². The molecule has 1 aliphatic carbocycles. The minimum atomic E-state index is -1.50. The minimum Gasteiger partial charge on any atom is -0.493 e. The van der Waals surface area contributed by atoms with Crippen LogP contribution in [0.5, 0.6) is 11.6 Å². The first kappa shape index (κ1) is 36.5. The monoisotopic (exact) mass is 693 g/mol. The number of pyridine rings is 1. The van der Waals surface area contributed by atoms with Crippen LogP contribution < -0.4 is 9.47 Å². The lowest BCUT2D eigenvalue weighted by molar-refractivity contribution is -0.127. The summed E-state index contributed by atoms with van der Waals surface area (Å²) in [6.45, 7) is 7.24. The van der Waals surface area contributed by atoms with Crippen molar-refractivity contribution in [1.29, 1.82) is 0 Å². The van der Waals surface area contributed by atoms with Crippen LogP contribution in [0.3, 0.4) is 0 Å². The number of hydrogen-bond donors (Lipinski definition) is 2. The highest BCUT2D eigenvalue weighted by molar-refractivity contribution is 6.33. The zero-order valence-corrected chi connectivity index (χ0v) is 29.9. The van der Waals surface area contributed by atoms with Crippen molar-refractivity contribution >= 4 is 45.1 Å². The Kier molecular flexibility index (Phi) is 12.2. The van der Waals surface area contributed by atoms with Gasteiger partial charge in [0.25, 0.3) is 0 Å². The molecule has 50 heavy (non-hydrogen) atoms. The van der Waals surface area contributed by atoms with Crippen molar-refractivity contribution in [2.24, 2.45) is 10.9 Å². The lowest BCUT2D eigenvalue weighted by Crippen LogP contribution is -2.15. The summed E-state index contributed by atoms with van der Waals surface area (Å²) in [4.78, 5) is 18.6. The fourth-order valence-electron chi connectivity index (χ4n) is 5.94. The molecule has 260 valence electrons. The lowest BCUT2D eigenvalue weighted by atomic mass is 10.0. The largest absolute Gasteiger partial charge is 0.493 e. The predicted octanol–water partition coefficient (Wildman–Crippen LogP) is 8.96. The molecule has 1 aliphatic rings. The third-order valence-electron chi connectivity index (χ3n) is 8.09. The van der Waals surface area contributed by atoms with Crippen LogP contribution in [0.15, 0.2) is 109 Å². The van der Waals surface area contributed by atoms with Gasteiger partial charge in [-0.15, -0.1) is 0 Å². The van der Waals surface area contributed by atoms with Crippen LogP contribution in [-0.4, -0.2) is 54.9 Å². The third kappa shape index (κ3) is 9.24. The number of benzene rings is 3. The Morgan fingerprint density at radius 2 is 1.58 bits per heavy atom. The molecule has 0 bridgehead atoms. The van der Waals surface area contributed by atoms with Crippen LogP contribution in [0.1, 0.15) is 64.1 Å². The van der Waals surface area contributed by atoms with E-state index in [-0.39, 0.29) is 0 Å². The fraction of sp³-hybridized carbons (Fsp3) is 0.300. The zero-order valence-electron chi connectivity index (χ0n) is 29.1. The van der Waals surface area contributed by atoms with E-state index in [4.69, 9.17) is 41.3 Å². The normalized spacial score (nSPS) is 15.4. The number of aromatic nitrogens is 4. The molecule has 9 nitrogen and oxygen atoms in total. The van der Waals surface area contributed by atoms with Gasteiger partial charge in [-0.2, -0.15) is 0 Å². The van der Waals surface area contributed by atoms with Crippen LogP contribution in [0, 0.1) is 5.92 Å². The molecule has 0 amide bonds. The molecule has 0 spiro atoms. The van der Waals surface area contributed by atoms with E-state index >= 15 is 0 Å². The smallest absolute Gasteiger partial charge is 0.225 e. The first-order valence-corrected chi connectivity index (χ1v) is 17.3. The quantitative estimate of drug-likeness (QED) is 0.121. The van der Waals surface area contributed by atoms with Gasteiger partial charge in [-0.1, -0.05) is 86.1 Å². The van der Waals surface area contributed by atoms with Gasteiger partial charge in [0.15, 0.2) is 11.6 Å². The van der Waals surface area contributed by atoms with Gasteiger partial charge in [-0.3, -0.25) is 0 Å².